The van der Waals surface area contributed by atoms with Crippen LogP contribution < -0.4 is 16.0 Å². The molecule has 1 fully saturated rings. The Hall–Kier alpha value is -3.59. The zero-order valence-electron chi connectivity index (χ0n) is 23.7. The number of carbonyl (C=O) groups is 3. The Kier molecular flexibility index (Phi) is 7.52. The molecule has 0 saturated carbocycles. The second-order valence-electron chi connectivity index (χ2n) is 12.2. The van der Waals surface area contributed by atoms with E-state index in [9.17, 15) is 24.6 Å². The molecule has 2 heterocycles. The molecular formula is C31H40N4O5. The lowest BCUT2D eigenvalue weighted by atomic mass is 9.80. The first kappa shape index (κ1) is 28.0. The highest BCUT2D eigenvalue weighted by atomic mass is 16.3. The van der Waals surface area contributed by atoms with Crippen molar-refractivity contribution < 1.29 is 24.6 Å². The van der Waals surface area contributed by atoms with E-state index in [4.69, 9.17) is 0 Å². The molecule has 9 heteroatoms. The van der Waals surface area contributed by atoms with Crippen LogP contribution in [0, 0.1) is 5.41 Å². The summed E-state index contributed by atoms with van der Waals surface area (Å²) in [6, 6.07) is 8.95. The fourth-order valence-corrected chi connectivity index (χ4v) is 6.75. The number of aryl methyl sites for hydroxylation is 1. The summed E-state index contributed by atoms with van der Waals surface area (Å²) in [5, 5.41) is 29.7. The zero-order chi connectivity index (χ0) is 28.8. The van der Waals surface area contributed by atoms with Gasteiger partial charge < -0.3 is 31.1 Å². The van der Waals surface area contributed by atoms with Gasteiger partial charge in [0.25, 0.3) is 0 Å². The largest absolute Gasteiger partial charge is 0.504 e. The van der Waals surface area contributed by atoms with Crippen LogP contribution in [0.5, 0.6) is 11.5 Å². The first-order chi connectivity index (χ1) is 19.0. The van der Waals surface area contributed by atoms with Gasteiger partial charge in [-0.2, -0.15) is 0 Å². The van der Waals surface area contributed by atoms with E-state index in [0.717, 1.165) is 30.4 Å². The summed E-state index contributed by atoms with van der Waals surface area (Å²) < 4.78 is 0. The van der Waals surface area contributed by atoms with E-state index in [2.05, 4.69) is 41.9 Å². The van der Waals surface area contributed by atoms with Gasteiger partial charge >= 0.3 is 0 Å². The minimum atomic E-state index is -0.874. The molecule has 3 amide bonds. The van der Waals surface area contributed by atoms with Crippen LogP contribution in [0.4, 0.5) is 0 Å². The molecule has 0 spiro atoms. The topological polar surface area (TPSA) is 131 Å². The summed E-state index contributed by atoms with van der Waals surface area (Å²) in [5.74, 6) is -1.21. The smallest absolute Gasteiger partial charge is 0.246 e. The summed E-state index contributed by atoms with van der Waals surface area (Å²) in [6.07, 6.45) is 3.76. The van der Waals surface area contributed by atoms with Gasteiger partial charge in [-0.25, -0.2) is 0 Å². The van der Waals surface area contributed by atoms with Crippen LogP contribution in [0.3, 0.4) is 0 Å². The SMILES string of the molecule is CN[C@@H](C)C(=O)N[C@H]1Cc2cc(O)c(O)cc2[C@H]2CC(C)(C)C(CC(=O)N[C@@H]3CCCc4ccccc43)N2C1=O. The molecule has 0 bridgehead atoms. The van der Waals surface area contributed by atoms with Crippen molar-refractivity contribution in [3.8, 4) is 11.5 Å². The van der Waals surface area contributed by atoms with E-state index in [1.54, 1.807) is 18.9 Å². The molecule has 0 radical (unpaired) electrons. The average Bonchev–Trinajstić information content (AvgIpc) is 3.13. The third-order valence-corrected chi connectivity index (χ3v) is 9.09. The van der Waals surface area contributed by atoms with Crippen LogP contribution >= 0.6 is 0 Å². The lowest BCUT2D eigenvalue weighted by Gasteiger charge is -2.36. The molecule has 5 atom stereocenters. The van der Waals surface area contributed by atoms with Gasteiger partial charge in [0, 0.05) is 18.9 Å². The first-order valence-electron chi connectivity index (χ1n) is 14.2. The molecule has 9 nitrogen and oxygen atoms in total. The molecule has 214 valence electrons. The standard InChI is InChI=1S/C31H40N4O5/c1-17(32-4)29(39)34-23-12-19-13-25(36)26(37)14-21(19)24-16-31(2,3)27(35(24)30(23)40)15-28(38)33-22-11-7-9-18-8-5-6-10-20(18)22/h5-6,8,10,13-14,17,22-24,27,32,36-37H,7,9,11-12,15-16H2,1-4H3,(H,33,38)(H,34,39)/t17-,22+,23-,24+,27?/m0/s1. The molecule has 2 aromatic rings. The molecule has 40 heavy (non-hydrogen) atoms. The van der Waals surface area contributed by atoms with Gasteiger partial charge in [-0.3, -0.25) is 14.4 Å². The van der Waals surface area contributed by atoms with Crippen LogP contribution in [0.15, 0.2) is 36.4 Å². The molecule has 1 aliphatic carbocycles. The van der Waals surface area contributed by atoms with Crippen LogP contribution in [0.25, 0.3) is 0 Å². The van der Waals surface area contributed by atoms with Crippen molar-refractivity contribution in [1.82, 2.24) is 20.9 Å². The Balaban J connectivity index is 1.46. The monoisotopic (exact) mass is 548 g/mol. The van der Waals surface area contributed by atoms with Gasteiger partial charge in [0.1, 0.15) is 6.04 Å². The minimum Gasteiger partial charge on any atom is -0.504 e. The lowest BCUT2D eigenvalue weighted by Crippen LogP contribution is -2.55. The van der Waals surface area contributed by atoms with E-state index >= 15 is 0 Å². The van der Waals surface area contributed by atoms with Crippen LogP contribution in [0.2, 0.25) is 0 Å². The molecule has 1 unspecified atom stereocenters. The first-order valence-corrected chi connectivity index (χ1v) is 14.2. The molecule has 3 aliphatic rings. The number of fused-ring (bicyclic) bond motifs is 4. The minimum absolute atomic E-state index is 0.0617. The summed E-state index contributed by atoms with van der Waals surface area (Å²) in [4.78, 5) is 42.3. The second kappa shape index (κ2) is 10.8. The second-order valence-corrected chi connectivity index (χ2v) is 12.2. The van der Waals surface area contributed by atoms with E-state index in [0.29, 0.717) is 12.0 Å². The molecule has 2 aliphatic heterocycles. The highest BCUT2D eigenvalue weighted by Crippen LogP contribution is 2.52. The number of hydrogen-bond acceptors (Lipinski definition) is 6. The van der Waals surface area contributed by atoms with Gasteiger partial charge in [-0.1, -0.05) is 38.1 Å². The Morgan fingerprint density at radius 3 is 2.52 bits per heavy atom. The predicted molar refractivity (Wildman–Crippen MR) is 151 cm³/mol. The van der Waals surface area contributed by atoms with Crippen LogP contribution in [-0.2, 0) is 27.2 Å². The summed E-state index contributed by atoms with van der Waals surface area (Å²) in [6.45, 7) is 5.82. The Labute approximate surface area is 235 Å². The maximum Gasteiger partial charge on any atom is 0.246 e. The van der Waals surface area contributed by atoms with E-state index in [1.807, 2.05) is 12.1 Å². The molecule has 5 rings (SSSR count). The highest BCUT2D eigenvalue weighted by Gasteiger charge is 2.53. The summed E-state index contributed by atoms with van der Waals surface area (Å²) in [5.41, 5.74) is 3.42. The summed E-state index contributed by atoms with van der Waals surface area (Å²) >= 11 is 0. The quantitative estimate of drug-likeness (QED) is 0.353. The van der Waals surface area contributed by atoms with Crippen molar-refractivity contribution in [3.05, 3.63) is 58.7 Å². The van der Waals surface area contributed by atoms with Gasteiger partial charge in [0.2, 0.25) is 17.7 Å². The number of likely N-dealkylation sites (N-methyl/N-ethyl adjacent to an activating group) is 1. The van der Waals surface area contributed by atoms with Crippen LogP contribution in [-0.4, -0.2) is 58.0 Å². The fourth-order valence-electron chi connectivity index (χ4n) is 6.75. The maximum absolute atomic E-state index is 14.2. The van der Waals surface area contributed by atoms with Gasteiger partial charge in [-0.15, -0.1) is 0 Å². The number of carbonyl (C=O) groups excluding carboxylic acids is 3. The Morgan fingerprint density at radius 1 is 1.05 bits per heavy atom. The number of amides is 3. The fraction of sp³-hybridized carbons (Fsp3) is 0.516. The van der Waals surface area contributed by atoms with Gasteiger partial charge in [-0.05, 0) is 79.5 Å². The molecule has 5 N–H and O–H groups in total. The van der Waals surface area contributed by atoms with Crippen LogP contribution in [0.1, 0.15) is 80.8 Å². The van der Waals surface area contributed by atoms with Crippen molar-refractivity contribution in [2.45, 2.75) is 89.5 Å². The van der Waals surface area contributed by atoms with Gasteiger partial charge in [0.15, 0.2) is 11.5 Å². The van der Waals surface area contributed by atoms with E-state index < -0.39 is 29.6 Å². The molecule has 1 saturated heterocycles. The van der Waals surface area contributed by atoms with Crippen molar-refractivity contribution in [2.75, 3.05) is 7.05 Å². The molecular weight excluding hydrogens is 508 g/mol. The van der Waals surface area contributed by atoms with Crippen molar-refractivity contribution in [2.24, 2.45) is 5.41 Å². The van der Waals surface area contributed by atoms with E-state index in [-0.39, 0.29) is 48.1 Å². The third kappa shape index (κ3) is 5.14. The number of phenolic OH excluding ortho intramolecular Hbond substituents is 2. The maximum atomic E-state index is 14.2. The highest BCUT2D eigenvalue weighted by molar-refractivity contribution is 5.91. The van der Waals surface area contributed by atoms with Crippen molar-refractivity contribution in [1.29, 1.82) is 0 Å². The van der Waals surface area contributed by atoms with Crippen molar-refractivity contribution >= 4 is 17.7 Å². The number of nitrogens with one attached hydrogen (secondary N) is 3. The predicted octanol–water partition coefficient (Wildman–Crippen LogP) is 3.00. The zero-order valence-corrected chi connectivity index (χ0v) is 23.7. The average molecular weight is 549 g/mol. The Morgan fingerprint density at radius 2 is 1.77 bits per heavy atom. The number of phenols is 2. The number of benzene rings is 2. The normalized spacial score (nSPS) is 25.7. The Bertz CT molecular complexity index is 1320. The third-order valence-electron chi connectivity index (χ3n) is 9.09. The summed E-state index contributed by atoms with van der Waals surface area (Å²) in [7, 11) is 1.67. The number of aromatic hydroxyl groups is 2. The molecule has 2 aromatic carbocycles. The van der Waals surface area contributed by atoms with Gasteiger partial charge in [0.05, 0.1) is 18.1 Å². The number of nitrogens with zero attached hydrogens (tertiary/aromatic N) is 1. The number of rotatable bonds is 6. The lowest BCUT2D eigenvalue weighted by molar-refractivity contribution is -0.140. The molecule has 0 aromatic heterocycles. The van der Waals surface area contributed by atoms with Crippen molar-refractivity contribution in [3.63, 3.8) is 0 Å². The number of hydrogen-bond donors (Lipinski definition) is 5. The van der Waals surface area contributed by atoms with E-state index in [1.165, 1.54) is 17.7 Å².